The highest BCUT2D eigenvalue weighted by molar-refractivity contribution is 9.09. The third-order valence-electron chi connectivity index (χ3n) is 5.31. The largest absolute Gasteiger partial charge is 0.345 e. The zero-order chi connectivity index (χ0) is 22.9. The van der Waals surface area contributed by atoms with Crippen LogP contribution in [0.4, 0.5) is 0 Å². The number of hydrogen-bond donors (Lipinski definition) is 1. The first kappa shape index (κ1) is 22.2. The predicted molar refractivity (Wildman–Crippen MR) is 127 cm³/mol. The molecule has 0 radical (unpaired) electrons. The van der Waals surface area contributed by atoms with Crippen LogP contribution < -0.4 is 5.32 Å². The highest BCUT2D eigenvalue weighted by atomic mass is 79.9. The third kappa shape index (κ3) is 4.60. The van der Waals surface area contributed by atoms with Crippen LogP contribution in [0, 0.1) is 6.92 Å². The van der Waals surface area contributed by atoms with Crippen molar-refractivity contribution in [3.05, 3.63) is 71.1 Å². The maximum absolute atomic E-state index is 12.5. The molecule has 1 amide bonds. The second-order valence-electron chi connectivity index (χ2n) is 8.86. The van der Waals surface area contributed by atoms with Crippen LogP contribution in [0.1, 0.15) is 54.0 Å². The summed E-state index contributed by atoms with van der Waals surface area (Å²) in [6.45, 7) is 8.31. The molecule has 0 saturated heterocycles. The fourth-order valence-corrected chi connectivity index (χ4v) is 3.95. The smallest absolute Gasteiger partial charge is 0.292 e. The van der Waals surface area contributed by atoms with E-state index in [-0.39, 0.29) is 17.1 Å². The minimum atomic E-state index is -0.351. The van der Waals surface area contributed by atoms with E-state index in [1.165, 1.54) is 5.56 Å². The second kappa shape index (κ2) is 8.86. The Balaban J connectivity index is 1.51. The van der Waals surface area contributed by atoms with Gasteiger partial charge in [0.25, 0.3) is 11.7 Å². The highest BCUT2D eigenvalue weighted by Gasteiger charge is 2.24. The Kier molecular flexibility index (Phi) is 6.15. The SMILES string of the molecule is Cc1cc(-c2ccnn3cc(CCBr)cc23)ccc1CNC(=O)c1noc(C(C)(C)C)n1. The lowest BCUT2D eigenvalue weighted by molar-refractivity contribution is 0.0937. The van der Waals surface area contributed by atoms with Gasteiger partial charge in [0.05, 0.1) is 5.52 Å². The number of nitrogens with one attached hydrogen (secondary N) is 1. The van der Waals surface area contributed by atoms with Crippen molar-refractivity contribution in [2.24, 2.45) is 0 Å². The van der Waals surface area contributed by atoms with Crippen molar-refractivity contribution in [3.8, 4) is 11.1 Å². The van der Waals surface area contributed by atoms with Gasteiger partial charge in [0.1, 0.15) is 0 Å². The molecule has 3 aromatic heterocycles. The molecule has 4 rings (SSSR count). The van der Waals surface area contributed by atoms with Gasteiger partial charge in [-0.25, -0.2) is 4.52 Å². The van der Waals surface area contributed by atoms with E-state index in [4.69, 9.17) is 4.52 Å². The molecule has 7 nitrogen and oxygen atoms in total. The number of carbonyl (C=O) groups excluding carboxylic acids is 1. The highest BCUT2D eigenvalue weighted by Crippen LogP contribution is 2.27. The molecule has 3 heterocycles. The topological polar surface area (TPSA) is 85.3 Å². The molecular formula is C24H26BrN5O2. The number of fused-ring (bicyclic) bond motifs is 1. The monoisotopic (exact) mass is 495 g/mol. The number of carbonyl (C=O) groups is 1. The first-order chi connectivity index (χ1) is 15.3. The number of aryl methyl sites for hydroxylation is 2. The minimum Gasteiger partial charge on any atom is -0.345 e. The summed E-state index contributed by atoms with van der Waals surface area (Å²) in [5, 5.41) is 12.0. The number of hydrogen-bond acceptors (Lipinski definition) is 5. The Hall–Kier alpha value is -3.00. The van der Waals surface area contributed by atoms with Gasteiger partial charge >= 0.3 is 0 Å². The first-order valence-electron chi connectivity index (χ1n) is 10.5. The summed E-state index contributed by atoms with van der Waals surface area (Å²) in [6.07, 6.45) is 4.85. The average Bonchev–Trinajstić information content (AvgIpc) is 3.39. The summed E-state index contributed by atoms with van der Waals surface area (Å²) in [5.41, 5.74) is 6.38. The zero-order valence-electron chi connectivity index (χ0n) is 18.6. The molecule has 0 spiro atoms. The standard InChI is InChI=1S/C24H26BrN5O2/c1-15-11-17(19-8-10-27-30-14-16(7-9-25)12-20(19)30)5-6-18(15)13-26-22(31)21-28-23(32-29-21)24(2,3)4/h5-6,8,10-12,14H,7,9,13H2,1-4H3,(H,26,31). The fourth-order valence-electron chi connectivity index (χ4n) is 3.49. The molecule has 166 valence electrons. The van der Waals surface area contributed by atoms with Crippen molar-refractivity contribution >= 4 is 27.4 Å². The number of benzene rings is 1. The van der Waals surface area contributed by atoms with Crippen LogP contribution in [0.15, 0.2) is 47.2 Å². The van der Waals surface area contributed by atoms with Gasteiger partial charge in [-0.3, -0.25) is 4.79 Å². The van der Waals surface area contributed by atoms with Crippen molar-refractivity contribution < 1.29 is 9.32 Å². The molecule has 0 bridgehead atoms. The Labute approximate surface area is 195 Å². The maximum atomic E-state index is 12.5. The van der Waals surface area contributed by atoms with E-state index in [1.807, 2.05) is 50.5 Å². The quantitative estimate of drug-likeness (QED) is 0.386. The van der Waals surface area contributed by atoms with E-state index < -0.39 is 0 Å². The van der Waals surface area contributed by atoms with Gasteiger partial charge in [-0.05, 0) is 47.7 Å². The Morgan fingerprint density at radius 2 is 2.03 bits per heavy atom. The molecule has 0 saturated carbocycles. The molecule has 0 aliphatic carbocycles. The summed E-state index contributed by atoms with van der Waals surface area (Å²) < 4.78 is 7.14. The van der Waals surface area contributed by atoms with Gasteiger partial charge in [-0.2, -0.15) is 10.1 Å². The van der Waals surface area contributed by atoms with Gasteiger partial charge < -0.3 is 9.84 Å². The molecular weight excluding hydrogens is 470 g/mol. The molecule has 0 unspecified atom stereocenters. The number of rotatable bonds is 6. The molecule has 1 N–H and O–H groups in total. The van der Waals surface area contributed by atoms with Crippen LogP contribution in [0.5, 0.6) is 0 Å². The van der Waals surface area contributed by atoms with Crippen LogP contribution in [0.3, 0.4) is 0 Å². The Morgan fingerprint density at radius 1 is 1.22 bits per heavy atom. The summed E-state index contributed by atoms with van der Waals surface area (Å²) in [6, 6.07) is 10.5. The molecule has 0 atom stereocenters. The van der Waals surface area contributed by atoms with Gasteiger partial charge in [0.15, 0.2) is 0 Å². The molecule has 1 aromatic carbocycles. The van der Waals surface area contributed by atoms with E-state index in [0.717, 1.165) is 39.5 Å². The van der Waals surface area contributed by atoms with Gasteiger partial charge in [-0.15, -0.1) is 0 Å². The number of aromatic nitrogens is 4. The van der Waals surface area contributed by atoms with Crippen molar-refractivity contribution in [3.63, 3.8) is 0 Å². The molecule has 0 aliphatic heterocycles. The minimum absolute atomic E-state index is 0.0518. The Bertz CT molecular complexity index is 1270. The van der Waals surface area contributed by atoms with Gasteiger partial charge in [0, 0.05) is 35.2 Å². The number of halogens is 1. The first-order valence-corrected chi connectivity index (χ1v) is 11.6. The number of alkyl halides is 1. The lowest BCUT2D eigenvalue weighted by Crippen LogP contribution is -2.24. The van der Waals surface area contributed by atoms with E-state index in [0.29, 0.717) is 12.4 Å². The van der Waals surface area contributed by atoms with Crippen molar-refractivity contribution in [2.75, 3.05) is 5.33 Å². The average molecular weight is 496 g/mol. The number of nitrogens with zero attached hydrogens (tertiary/aromatic N) is 4. The van der Waals surface area contributed by atoms with Crippen molar-refractivity contribution in [1.29, 1.82) is 0 Å². The maximum Gasteiger partial charge on any atom is 0.292 e. The fraction of sp³-hybridized carbons (Fsp3) is 0.333. The molecule has 0 fully saturated rings. The number of amides is 1. The van der Waals surface area contributed by atoms with Crippen molar-refractivity contribution in [1.82, 2.24) is 25.1 Å². The molecule has 0 aliphatic rings. The Morgan fingerprint density at radius 3 is 2.72 bits per heavy atom. The van der Waals surface area contributed by atoms with E-state index in [9.17, 15) is 4.79 Å². The lowest BCUT2D eigenvalue weighted by Gasteiger charge is -2.11. The van der Waals surface area contributed by atoms with Crippen LogP contribution in [0.25, 0.3) is 16.6 Å². The van der Waals surface area contributed by atoms with Crippen LogP contribution in [-0.2, 0) is 18.4 Å². The van der Waals surface area contributed by atoms with Crippen molar-refractivity contribution in [2.45, 2.75) is 46.1 Å². The van der Waals surface area contributed by atoms with E-state index in [1.54, 1.807) is 0 Å². The normalized spacial score (nSPS) is 11.8. The molecule has 32 heavy (non-hydrogen) atoms. The summed E-state index contributed by atoms with van der Waals surface area (Å²) in [4.78, 5) is 16.7. The van der Waals surface area contributed by atoms with Crippen LogP contribution in [0.2, 0.25) is 0 Å². The van der Waals surface area contributed by atoms with E-state index in [2.05, 4.69) is 60.9 Å². The predicted octanol–water partition coefficient (Wildman–Crippen LogP) is 4.86. The lowest BCUT2D eigenvalue weighted by atomic mass is 9.97. The van der Waals surface area contributed by atoms with E-state index >= 15 is 0 Å². The third-order valence-corrected chi connectivity index (χ3v) is 5.71. The second-order valence-corrected chi connectivity index (χ2v) is 9.65. The summed E-state index contributed by atoms with van der Waals surface area (Å²) in [7, 11) is 0. The summed E-state index contributed by atoms with van der Waals surface area (Å²) >= 11 is 3.50. The molecule has 4 aromatic rings. The molecule has 8 heteroatoms. The zero-order valence-corrected chi connectivity index (χ0v) is 20.2. The van der Waals surface area contributed by atoms with Crippen LogP contribution >= 0.6 is 15.9 Å². The van der Waals surface area contributed by atoms with Crippen LogP contribution in [-0.4, -0.2) is 31.0 Å². The van der Waals surface area contributed by atoms with Gasteiger partial charge in [0.2, 0.25) is 5.89 Å². The summed E-state index contributed by atoms with van der Waals surface area (Å²) in [5.74, 6) is 0.142. The van der Waals surface area contributed by atoms with Gasteiger partial charge in [-0.1, -0.05) is 60.1 Å².